The first-order valence-corrected chi connectivity index (χ1v) is 3.55. The van der Waals surface area contributed by atoms with Gasteiger partial charge in [0, 0.05) is 6.20 Å². The van der Waals surface area contributed by atoms with E-state index in [1.165, 1.54) is 0 Å². The lowest BCUT2D eigenvalue weighted by Crippen LogP contribution is -1.78. The van der Waals surface area contributed by atoms with Crippen LogP contribution in [0.25, 0.3) is 6.08 Å². The fourth-order valence-corrected chi connectivity index (χ4v) is 0.965. The van der Waals surface area contributed by atoms with Gasteiger partial charge in [-0.1, -0.05) is 6.58 Å². The molecule has 3 heteroatoms. The molecule has 0 unspecified atom stereocenters. The smallest absolute Gasteiger partial charge is 0.115 e. The van der Waals surface area contributed by atoms with Crippen LogP contribution in [0.2, 0.25) is 0 Å². The number of rotatable bonds is 1. The van der Waals surface area contributed by atoms with Gasteiger partial charge in [0.2, 0.25) is 0 Å². The van der Waals surface area contributed by atoms with E-state index in [2.05, 4.69) is 34.4 Å². The second kappa shape index (κ2) is 2.51. The highest BCUT2D eigenvalue weighted by Gasteiger charge is 1.95. The Morgan fingerprint density at radius 3 is 2.78 bits per heavy atom. The van der Waals surface area contributed by atoms with Crippen LogP contribution in [0.4, 0.5) is 0 Å². The van der Waals surface area contributed by atoms with E-state index in [1.807, 2.05) is 15.9 Å². The molecule has 9 heavy (non-hydrogen) atoms. The van der Waals surface area contributed by atoms with Crippen LogP contribution in [0.5, 0.6) is 0 Å². The maximum absolute atomic E-state index is 4.17. The highest BCUT2D eigenvalue weighted by Crippen LogP contribution is 2.05. The van der Waals surface area contributed by atoms with E-state index in [0.29, 0.717) is 0 Å². The lowest BCUT2D eigenvalue weighted by atomic mass is 10.5. The minimum atomic E-state index is 0.932. The van der Waals surface area contributed by atoms with E-state index >= 15 is 0 Å². The zero-order valence-corrected chi connectivity index (χ0v) is 7.29. The summed E-state index contributed by atoms with van der Waals surface area (Å²) in [7, 11) is 0. The molecule has 0 saturated heterocycles. The van der Waals surface area contributed by atoms with Crippen LogP contribution in [0.1, 0.15) is 11.5 Å². The van der Waals surface area contributed by atoms with Gasteiger partial charge in [-0.05, 0) is 13.0 Å². The van der Waals surface area contributed by atoms with E-state index in [0.717, 1.165) is 11.5 Å². The molecule has 48 valence electrons. The summed E-state index contributed by atoms with van der Waals surface area (Å²) < 4.78 is 1.94. The summed E-state index contributed by atoms with van der Waals surface area (Å²) in [5.41, 5.74) is 0.932. The minimum absolute atomic E-state index is 0.932. The molecule has 0 aliphatic rings. The highest BCUT2D eigenvalue weighted by molar-refractivity contribution is 14.1. The van der Waals surface area contributed by atoms with Crippen LogP contribution >= 0.6 is 22.9 Å². The second-order valence-corrected chi connectivity index (χ2v) is 2.77. The van der Waals surface area contributed by atoms with Crippen LogP contribution in [0.15, 0.2) is 12.8 Å². The lowest BCUT2D eigenvalue weighted by molar-refractivity contribution is 1.12. The Labute approximate surface area is 68.1 Å². The maximum Gasteiger partial charge on any atom is 0.115 e. The van der Waals surface area contributed by atoms with Crippen molar-refractivity contribution in [2.75, 3.05) is 0 Å². The molecule has 1 aromatic heterocycles. The Morgan fingerprint density at radius 1 is 1.89 bits per heavy atom. The third-order valence-corrected chi connectivity index (χ3v) is 2.03. The Hall–Kier alpha value is -0.320. The van der Waals surface area contributed by atoms with Crippen molar-refractivity contribution in [3.05, 3.63) is 24.3 Å². The van der Waals surface area contributed by atoms with E-state index in [-0.39, 0.29) is 0 Å². The van der Waals surface area contributed by atoms with E-state index in [4.69, 9.17) is 0 Å². The van der Waals surface area contributed by atoms with Gasteiger partial charge in [0.05, 0.1) is 28.6 Å². The quantitative estimate of drug-likeness (QED) is 0.680. The zero-order valence-electron chi connectivity index (χ0n) is 5.13. The first-order valence-electron chi connectivity index (χ1n) is 2.58. The van der Waals surface area contributed by atoms with Gasteiger partial charge in [0.25, 0.3) is 0 Å². The summed E-state index contributed by atoms with van der Waals surface area (Å²) in [5.74, 6) is 1.01. The molecule has 0 aliphatic carbocycles. The predicted octanol–water partition coefficient (Wildman–Crippen LogP) is 2.03. The molecule has 0 amide bonds. The SMILES string of the molecule is C=Cc1cn(I)c(C)n1. The average Bonchev–Trinajstić information content (AvgIpc) is 2.13. The Kier molecular flexibility index (Phi) is 1.90. The molecule has 1 aromatic rings. The zero-order chi connectivity index (χ0) is 6.85. The van der Waals surface area contributed by atoms with Crippen molar-refractivity contribution < 1.29 is 0 Å². The van der Waals surface area contributed by atoms with Crippen molar-refractivity contribution in [2.24, 2.45) is 0 Å². The fraction of sp³-hybridized carbons (Fsp3) is 0.167. The van der Waals surface area contributed by atoms with Gasteiger partial charge in [-0.3, -0.25) is 2.78 Å². The van der Waals surface area contributed by atoms with Crippen LogP contribution in [0.3, 0.4) is 0 Å². The summed E-state index contributed by atoms with van der Waals surface area (Å²) in [5, 5.41) is 0. The van der Waals surface area contributed by atoms with Gasteiger partial charge in [-0.15, -0.1) is 0 Å². The van der Waals surface area contributed by atoms with E-state index in [1.54, 1.807) is 6.08 Å². The van der Waals surface area contributed by atoms with E-state index in [9.17, 15) is 0 Å². The van der Waals surface area contributed by atoms with Gasteiger partial charge in [-0.25, -0.2) is 4.98 Å². The third-order valence-electron chi connectivity index (χ3n) is 1.05. The van der Waals surface area contributed by atoms with Gasteiger partial charge < -0.3 is 0 Å². The van der Waals surface area contributed by atoms with Crippen molar-refractivity contribution in [3.8, 4) is 0 Å². The van der Waals surface area contributed by atoms with Crippen molar-refractivity contribution in [3.63, 3.8) is 0 Å². The van der Waals surface area contributed by atoms with Gasteiger partial charge in [0.15, 0.2) is 0 Å². The van der Waals surface area contributed by atoms with Crippen molar-refractivity contribution >= 4 is 28.9 Å². The normalized spacial score (nSPS) is 9.56. The molecule has 0 saturated carbocycles. The molecule has 2 nitrogen and oxygen atoms in total. The molecule has 0 N–H and O–H groups in total. The van der Waals surface area contributed by atoms with E-state index < -0.39 is 0 Å². The highest BCUT2D eigenvalue weighted by atomic mass is 127. The van der Waals surface area contributed by atoms with Crippen molar-refractivity contribution in [1.82, 2.24) is 7.76 Å². The number of halogens is 1. The van der Waals surface area contributed by atoms with Gasteiger partial charge in [-0.2, -0.15) is 0 Å². The molecule has 0 aliphatic heterocycles. The largest absolute Gasteiger partial charge is 0.276 e. The van der Waals surface area contributed by atoms with Gasteiger partial charge >= 0.3 is 0 Å². The van der Waals surface area contributed by atoms with Crippen molar-refractivity contribution in [2.45, 2.75) is 6.92 Å². The first kappa shape index (κ1) is 6.80. The summed E-state index contributed by atoms with van der Waals surface area (Å²) >= 11 is 2.17. The summed E-state index contributed by atoms with van der Waals surface area (Å²) in [6, 6.07) is 0. The standard InChI is InChI=1S/C6H7IN2/c1-3-6-4-9(7)5(2)8-6/h3-4H,1H2,2H3. The van der Waals surface area contributed by atoms with Crippen LogP contribution < -0.4 is 0 Å². The third kappa shape index (κ3) is 1.32. The molecule has 0 spiro atoms. The minimum Gasteiger partial charge on any atom is -0.276 e. The topological polar surface area (TPSA) is 17.8 Å². The molecular formula is C6H7IN2. The number of aryl methyl sites for hydroxylation is 1. The molecule has 1 rings (SSSR count). The second-order valence-electron chi connectivity index (χ2n) is 1.73. The first-order chi connectivity index (χ1) is 4.24. The monoisotopic (exact) mass is 234 g/mol. The summed E-state index contributed by atoms with van der Waals surface area (Å²) in [6.45, 7) is 5.56. The fourth-order valence-electron chi connectivity index (χ4n) is 0.571. The number of nitrogens with zero attached hydrogens (tertiary/aromatic N) is 2. The molecular weight excluding hydrogens is 227 g/mol. The molecule has 0 aromatic carbocycles. The molecule has 0 radical (unpaired) electrons. The number of aromatic nitrogens is 2. The number of hydrogen-bond acceptors (Lipinski definition) is 1. The predicted molar refractivity (Wildman–Crippen MR) is 46.5 cm³/mol. The Morgan fingerprint density at radius 2 is 2.56 bits per heavy atom. The van der Waals surface area contributed by atoms with Crippen LogP contribution in [-0.4, -0.2) is 7.76 Å². The number of hydrogen-bond donors (Lipinski definition) is 0. The molecule has 0 atom stereocenters. The van der Waals surface area contributed by atoms with Crippen LogP contribution in [-0.2, 0) is 0 Å². The summed E-state index contributed by atoms with van der Waals surface area (Å²) in [6.07, 6.45) is 3.67. The maximum atomic E-state index is 4.17. The Bertz CT molecular complexity index is 207. The Balaban J connectivity index is 3.11. The van der Waals surface area contributed by atoms with Crippen molar-refractivity contribution in [1.29, 1.82) is 0 Å². The van der Waals surface area contributed by atoms with Gasteiger partial charge in [0.1, 0.15) is 5.82 Å². The van der Waals surface area contributed by atoms with Crippen LogP contribution in [0, 0.1) is 6.92 Å². The molecule has 0 bridgehead atoms. The average molecular weight is 234 g/mol. The lowest BCUT2D eigenvalue weighted by Gasteiger charge is -1.83. The molecule has 0 fully saturated rings. The summed E-state index contributed by atoms with van der Waals surface area (Å²) in [4.78, 5) is 4.17. The molecule has 1 heterocycles. The number of imidazole rings is 1.